The van der Waals surface area contributed by atoms with E-state index >= 15 is 0 Å². The number of para-hydroxylation sites is 1. The third-order valence-corrected chi connectivity index (χ3v) is 5.65. The summed E-state index contributed by atoms with van der Waals surface area (Å²) in [6.45, 7) is 7.18. The largest absolute Gasteiger partial charge is 0.375 e. The minimum atomic E-state index is 0. The SMILES string of the molecule is CCNC(=NCCCc1c[nH]c2ccccc12)N1CCOC(C2CCCO2)C1.I. The van der Waals surface area contributed by atoms with Crippen molar-refractivity contribution in [3.05, 3.63) is 36.0 Å². The highest BCUT2D eigenvalue weighted by molar-refractivity contribution is 14.0. The Bertz CT molecular complexity index is 788. The molecule has 2 unspecified atom stereocenters. The Morgan fingerprint density at radius 2 is 2.10 bits per heavy atom. The van der Waals surface area contributed by atoms with Gasteiger partial charge >= 0.3 is 0 Å². The van der Waals surface area contributed by atoms with E-state index in [0.29, 0.717) is 0 Å². The Balaban J connectivity index is 0.00000240. The summed E-state index contributed by atoms with van der Waals surface area (Å²) in [7, 11) is 0. The molecule has 0 aliphatic carbocycles. The average Bonchev–Trinajstić information content (AvgIpc) is 3.41. The minimum Gasteiger partial charge on any atom is -0.375 e. The van der Waals surface area contributed by atoms with Crippen LogP contribution in [0.25, 0.3) is 10.9 Å². The van der Waals surface area contributed by atoms with Crippen molar-refractivity contribution in [3.63, 3.8) is 0 Å². The fourth-order valence-corrected chi connectivity index (χ4v) is 4.21. The monoisotopic (exact) mass is 512 g/mol. The molecule has 2 N–H and O–H groups in total. The smallest absolute Gasteiger partial charge is 0.194 e. The Morgan fingerprint density at radius 3 is 2.93 bits per heavy atom. The first-order valence-electron chi connectivity index (χ1n) is 10.7. The molecule has 1 aromatic heterocycles. The minimum absolute atomic E-state index is 0. The summed E-state index contributed by atoms with van der Waals surface area (Å²) in [6, 6.07) is 8.49. The van der Waals surface area contributed by atoms with E-state index in [4.69, 9.17) is 14.5 Å². The van der Waals surface area contributed by atoms with E-state index in [1.807, 2.05) is 0 Å². The number of ether oxygens (including phenoxy) is 2. The van der Waals surface area contributed by atoms with Gasteiger partial charge in [-0.05, 0) is 44.2 Å². The molecule has 6 nitrogen and oxygen atoms in total. The maximum absolute atomic E-state index is 5.98. The first-order chi connectivity index (χ1) is 13.8. The first kappa shape index (κ1) is 22.4. The van der Waals surface area contributed by atoms with E-state index in [1.54, 1.807) is 0 Å². The van der Waals surface area contributed by atoms with E-state index in [1.165, 1.54) is 16.5 Å². The van der Waals surface area contributed by atoms with Crippen LogP contribution in [0.5, 0.6) is 0 Å². The molecule has 2 aliphatic heterocycles. The van der Waals surface area contributed by atoms with Gasteiger partial charge in [0.25, 0.3) is 0 Å². The van der Waals surface area contributed by atoms with Crippen LogP contribution in [0.4, 0.5) is 0 Å². The molecule has 2 saturated heterocycles. The van der Waals surface area contributed by atoms with E-state index in [2.05, 4.69) is 52.6 Å². The fraction of sp³-hybridized carbons (Fsp3) is 0.591. The summed E-state index contributed by atoms with van der Waals surface area (Å²) in [5, 5.41) is 4.79. The molecule has 29 heavy (non-hydrogen) atoms. The quantitative estimate of drug-likeness (QED) is 0.269. The average molecular weight is 512 g/mol. The van der Waals surface area contributed by atoms with Crippen LogP contribution in [0, 0.1) is 0 Å². The fourth-order valence-electron chi connectivity index (χ4n) is 4.21. The number of nitrogens with one attached hydrogen (secondary N) is 2. The lowest BCUT2D eigenvalue weighted by Gasteiger charge is -2.37. The highest BCUT2D eigenvalue weighted by atomic mass is 127. The molecule has 1 aromatic carbocycles. The van der Waals surface area contributed by atoms with Crippen LogP contribution in [-0.2, 0) is 15.9 Å². The van der Waals surface area contributed by atoms with Crippen molar-refractivity contribution in [2.75, 3.05) is 39.4 Å². The van der Waals surface area contributed by atoms with Crippen LogP contribution in [0.3, 0.4) is 0 Å². The number of aromatic amines is 1. The summed E-state index contributed by atoms with van der Waals surface area (Å²) >= 11 is 0. The van der Waals surface area contributed by atoms with Crippen molar-refractivity contribution in [3.8, 4) is 0 Å². The van der Waals surface area contributed by atoms with Gasteiger partial charge in [0.2, 0.25) is 0 Å². The Hall–Kier alpha value is -1.32. The van der Waals surface area contributed by atoms with E-state index < -0.39 is 0 Å². The van der Waals surface area contributed by atoms with Gasteiger partial charge in [0.05, 0.1) is 12.7 Å². The molecule has 0 spiro atoms. The summed E-state index contributed by atoms with van der Waals surface area (Å²) in [5.41, 5.74) is 2.59. The standard InChI is InChI=1S/C22H32N4O2.HI/c1-2-23-22(26-12-14-28-21(16-26)20-10-6-13-27-20)24-11-5-7-17-15-25-19-9-4-3-8-18(17)19;/h3-4,8-9,15,20-21,25H,2,5-7,10-14,16H2,1H3,(H,23,24);1H. The molecule has 0 radical (unpaired) electrons. The van der Waals surface area contributed by atoms with Gasteiger partial charge in [-0.25, -0.2) is 0 Å². The Labute approximate surface area is 190 Å². The number of hydrogen-bond acceptors (Lipinski definition) is 3. The Kier molecular flexibility index (Phi) is 8.62. The van der Waals surface area contributed by atoms with Crippen molar-refractivity contribution in [1.29, 1.82) is 0 Å². The van der Waals surface area contributed by atoms with Gasteiger partial charge in [0, 0.05) is 49.9 Å². The van der Waals surface area contributed by atoms with Crippen molar-refractivity contribution in [2.24, 2.45) is 4.99 Å². The zero-order chi connectivity index (χ0) is 19.2. The number of nitrogens with zero attached hydrogens (tertiary/aromatic N) is 2. The zero-order valence-corrected chi connectivity index (χ0v) is 19.6. The zero-order valence-electron chi connectivity index (χ0n) is 17.2. The molecule has 4 rings (SSSR count). The van der Waals surface area contributed by atoms with Crippen molar-refractivity contribution in [2.45, 2.75) is 44.8 Å². The molecule has 0 saturated carbocycles. The van der Waals surface area contributed by atoms with Crippen molar-refractivity contribution < 1.29 is 9.47 Å². The van der Waals surface area contributed by atoms with Gasteiger partial charge in [0.15, 0.2) is 5.96 Å². The molecule has 2 aromatic rings. The van der Waals surface area contributed by atoms with E-state index in [9.17, 15) is 0 Å². The van der Waals surface area contributed by atoms with Crippen LogP contribution in [0.15, 0.2) is 35.5 Å². The number of morpholine rings is 1. The number of hydrogen-bond donors (Lipinski definition) is 2. The second kappa shape index (κ2) is 11.2. The second-order valence-corrected chi connectivity index (χ2v) is 7.61. The topological polar surface area (TPSA) is 61.9 Å². The molecule has 2 aliphatic rings. The molecule has 160 valence electrons. The lowest BCUT2D eigenvalue weighted by molar-refractivity contribution is -0.0817. The van der Waals surface area contributed by atoms with E-state index in [-0.39, 0.29) is 36.2 Å². The molecule has 2 atom stereocenters. The molecule has 0 bridgehead atoms. The number of aliphatic imine (C=N–C) groups is 1. The van der Waals surface area contributed by atoms with Gasteiger partial charge in [-0.15, -0.1) is 24.0 Å². The molecule has 0 amide bonds. The number of aryl methyl sites for hydroxylation is 1. The maximum atomic E-state index is 5.98. The predicted octanol–water partition coefficient (Wildman–Crippen LogP) is 3.56. The molecule has 2 fully saturated rings. The third-order valence-electron chi connectivity index (χ3n) is 5.65. The highest BCUT2D eigenvalue weighted by Gasteiger charge is 2.32. The number of fused-ring (bicyclic) bond motifs is 1. The van der Waals surface area contributed by atoms with E-state index in [0.717, 1.165) is 71.0 Å². The molecule has 3 heterocycles. The van der Waals surface area contributed by atoms with Crippen LogP contribution < -0.4 is 5.32 Å². The number of halogens is 1. The molecular weight excluding hydrogens is 479 g/mol. The second-order valence-electron chi connectivity index (χ2n) is 7.61. The summed E-state index contributed by atoms with van der Waals surface area (Å²) < 4.78 is 11.8. The van der Waals surface area contributed by atoms with Crippen molar-refractivity contribution >= 4 is 40.8 Å². The number of aromatic nitrogens is 1. The van der Waals surface area contributed by atoms with Crippen LogP contribution in [-0.4, -0.2) is 67.4 Å². The third kappa shape index (κ3) is 5.64. The molecule has 7 heteroatoms. The van der Waals surface area contributed by atoms with Gasteiger partial charge in [0.1, 0.15) is 6.10 Å². The van der Waals surface area contributed by atoms with Gasteiger partial charge < -0.3 is 24.7 Å². The number of guanidine groups is 1. The van der Waals surface area contributed by atoms with Gasteiger partial charge in [-0.3, -0.25) is 4.99 Å². The summed E-state index contributed by atoms with van der Waals surface area (Å²) in [5.74, 6) is 1.01. The van der Waals surface area contributed by atoms with Crippen LogP contribution >= 0.6 is 24.0 Å². The number of benzene rings is 1. The van der Waals surface area contributed by atoms with Gasteiger partial charge in [-0.1, -0.05) is 18.2 Å². The maximum Gasteiger partial charge on any atom is 0.194 e. The lowest BCUT2D eigenvalue weighted by Crippen LogP contribution is -2.53. The van der Waals surface area contributed by atoms with Crippen molar-refractivity contribution in [1.82, 2.24) is 15.2 Å². The summed E-state index contributed by atoms with van der Waals surface area (Å²) in [4.78, 5) is 10.6. The first-order valence-corrected chi connectivity index (χ1v) is 10.7. The van der Waals surface area contributed by atoms with Crippen LogP contribution in [0.1, 0.15) is 31.7 Å². The van der Waals surface area contributed by atoms with Gasteiger partial charge in [-0.2, -0.15) is 0 Å². The number of H-pyrrole nitrogens is 1. The predicted molar refractivity (Wildman–Crippen MR) is 128 cm³/mol. The van der Waals surface area contributed by atoms with Crippen LogP contribution in [0.2, 0.25) is 0 Å². The Morgan fingerprint density at radius 1 is 1.24 bits per heavy atom. The lowest BCUT2D eigenvalue weighted by atomic mass is 10.1. The summed E-state index contributed by atoms with van der Waals surface area (Å²) in [6.07, 6.45) is 6.86. The molecular formula is C22H33IN4O2. The normalized spacial score (nSPS) is 22.7. The highest BCUT2D eigenvalue weighted by Crippen LogP contribution is 2.21. The number of rotatable bonds is 6.